The molecule has 0 saturated heterocycles. The van der Waals surface area contributed by atoms with Crippen molar-refractivity contribution in [3.8, 4) is 0 Å². The average Bonchev–Trinajstić information content (AvgIpc) is 3.49. The van der Waals surface area contributed by atoms with Crippen molar-refractivity contribution in [2.75, 3.05) is 13.2 Å². The van der Waals surface area contributed by atoms with E-state index in [0.29, 0.717) is 19.3 Å². The van der Waals surface area contributed by atoms with Crippen LogP contribution in [0.4, 0.5) is 0 Å². The number of rotatable bonds is 57. The summed E-state index contributed by atoms with van der Waals surface area (Å²) in [6, 6.07) is 0. The van der Waals surface area contributed by atoms with Gasteiger partial charge in [0.1, 0.15) is 13.2 Å². The van der Waals surface area contributed by atoms with Crippen LogP contribution in [0.5, 0.6) is 0 Å². The predicted octanol–water partition coefficient (Wildman–Crippen LogP) is 23.0. The number of esters is 3. The summed E-state index contributed by atoms with van der Waals surface area (Å²) < 4.78 is 16.8. The monoisotopic (exact) mass is 1140 g/mol. The summed E-state index contributed by atoms with van der Waals surface area (Å²) in [4.78, 5) is 38.3. The van der Waals surface area contributed by atoms with Gasteiger partial charge in [0.2, 0.25) is 0 Å². The number of hydrogen-bond acceptors (Lipinski definition) is 6. The normalized spacial score (nSPS) is 13.4. The van der Waals surface area contributed by atoms with Gasteiger partial charge in [-0.1, -0.05) is 273 Å². The molecule has 0 rings (SSSR count). The maximum atomic E-state index is 12.9. The molecule has 0 spiro atoms. The number of allylic oxidation sites excluding steroid dienone is 32. The Kier molecular flexibility index (Phi) is 64.0. The van der Waals surface area contributed by atoms with Crippen molar-refractivity contribution in [1.29, 1.82) is 0 Å². The second-order valence-corrected chi connectivity index (χ2v) is 20.9. The summed E-state index contributed by atoms with van der Waals surface area (Å²) >= 11 is 0. The minimum atomic E-state index is -0.836. The number of carbonyl (C=O) groups is 3. The van der Waals surface area contributed by atoms with Crippen LogP contribution in [0.2, 0.25) is 0 Å². The SMILES string of the molecule is CC/C=C\C/C=C\C/C=C\C/C=C\C/C=C\C/C=C\C/C=C\CCCC(=O)OC(COC(=O)CCCCC/C=C\C/C=C\C/C=C\CC)COC(=O)CCCCCCCCCCCC/C=C\C/C=C\C/C=C\C/C=C\C/C=C\C/C=C\CC. The molecule has 0 bridgehead atoms. The number of ether oxygens (including phenoxy) is 3. The van der Waals surface area contributed by atoms with Gasteiger partial charge in [-0.05, 0) is 154 Å². The molecule has 0 N–H and O–H groups in total. The first-order valence-electron chi connectivity index (χ1n) is 32.9. The third kappa shape index (κ3) is 66.9. The third-order valence-corrected chi connectivity index (χ3v) is 13.1. The highest BCUT2D eigenvalue weighted by Gasteiger charge is 2.19. The van der Waals surface area contributed by atoms with Crippen molar-refractivity contribution in [2.24, 2.45) is 0 Å². The van der Waals surface area contributed by atoms with Gasteiger partial charge in [0.15, 0.2) is 6.10 Å². The second kappa shape index (κ2) is 68.7. The van der Waals surface area contributed by atoms with Crippen molar-refractivity contribution in [3.63, 3.8) is 0 Å². The smallest absolute Gasteiger partial charge is 0.306 e. The molecule has 0 amide bonds. The summed E-state index contributed by atoms with van der Waals surface area (Å²) in [6.45, 7) is 6.21. The molecule has 0 aliphatic heterocycles. The standard InChI is InChI=1S/C77H118O6/c1-4-7-10-13-16-19-22-25-27-29-31-33-35-36-37-38-39-40-42-43-45-47-49-52-55-58-61-64-67-70-76(79)82-73-74(72-81-75(78)69-66-63-60-57-54-51-24-21-18-15-12-9-6-3)83-77(80)71-68-65-62-59-56-53-50-48-46-44-41-34-32-30-28-26-23-20-17-14-11-8-5-2/h7-12,16-21,25-28,31-34,36-37,39-40,44,46,50-51,53-54,59,62,74H,4-6,13-15,22-24,29-30,35,38,41-43,45,47-49,52,55-58,60-61,63-73H2,1-3H3/b10-7-,11-8-,12-9-,19-16-,20-17-,21-18-,27-25-,28-26-,33-31-,34-32-,37-36-,40-39-,46-44-,53-50-,54-51-,62-59-. The molecule has 0 aromatic carbocycles. The van der Waals surface area contributed by atoms with Crippen molar-refractivity contribution in [3.05, 3.63) is 194 Å². The lowest BCUT2D eigenvalue weighted by molar-refractivity contribution is -0.167. The zero-order chi connectivity index (χ0) is 59.9. The molecular weight excluding hydrogens is 1020 g/mol. The Morgan fingerprint density at radius 3 is 0.723 bits per heavy atom. The summed E-state index contributed by atoms with van der Waals surface area (Å²) in [5, 5.41) is 0. The summed E-state index contributed by atoms with van der Waals surface area (Å²) in [7, 11) is 0. The average molecular weight is 1140 g/mol. The lowest BCUT2D eigenvalue weighted by atomic mass is 10.1. The van der Waals surface area contributed by atoms with Gasteiger partial charge in [-0.15, -0.1) is 0 Å². The minimum absolute atomic E-state index is 0.123. The summed E-state index contributed by atoms with van der Waals surface area (Å²) in [5.41, 5.74) is 0. The van der Waals surface area contributed by atoms with Crippen molar-refractivity contribution in [1.82, 2.24) is 0 Å². The fourth-order valence-corrected chi connectivity index (χ4v) is 8.27. The van der Waals surface area contributed by atoms with Crippen LogP contribution in [-0.4, -0.2) is 37.2 Å². The lowest BCUT2D eigenvalue weighted by Crippen LogP contribution is -2.30. The van der Waals surface area contributed by atoms with E-state index in [9.17, 15) is 14.4 Å². The summed E-state index contributed by atoms with van der Waals surface area (Å²) in [5.74, 6) is -1.03. The molecule has 0 aliphatic rings. The fraction of sp³-hybridized carbons (Fsp3) is 0.545. The van der Waals surface area contributed by atoms with Gasteiger partial charge in [0, 0.05) is 19.3 Å². The molecule has 0 aromatic heterocycles. The first-order valence-corrected chi connectivity index (χ1v) is 32.9. The Bertz CT molecular complexity index is 1990. The fourth-order valence-electron chi connectivity index (χ4n) is 8.27. The van der Waals surface area contributed by atoms with E-state index in [0.717, 1.165) is 161 Å². The van der Waals surface area contributed by atoms with Gasteiger partial charge in [-0.3, -0.25) is 14.4 Å². The molecule has 0 radical (unpaired) electrons. The Morgan fingerprint density at radius 2 is 0.446 bits per heavy atom. The highest BCUT2D eigenvalue weighted by atomic mass is 16.6. The second-order valence-electron chi connectivity index (χ2n) is 20.9. The van der Waals surface area contributed by atoms with Crippen molar-refractivity contribution >= 4 is 17.9 Å². The van der Waals surface area contributed by atoms with E-state index in [4.69, 9.17) is 14.2 Å². The Morgan fingerprint density at radius 1 is 0.241 bits per heavy atom. The highest BCUT2D eigenvalue weighted by Crippen LogP contribution is 2.14. The topological polar surface area (TPSA) is 78.9 Å². The first kappa shape index (κ1) is 77.2. The molecule has 0 aliphatic carbocycles. The van der Waals surface area contributed by atoms with Gasteiger partial charge >= 0.3 is 17.9 Å². The van der Waals surface area contributed by atoms with Gasteiger partial charge in [0.05, 0.1) is 0 Å². The van der Waals surface area contributed by atoms with E-state index in [1.807, 2.05) is 0 Å². The molecule has 6 heteroatoms. The van der Waals surface area contributed by atoms with Gasteiger partial charge in [0.25, 0.3) is 0 Å². The zero-order valence-electron chi connectivity index (χ0n) is 52.9. The van der Waals surface area contributed by atoms with Crippen LogP contribution >= 0.6 is 0 Å². The number of hydrogen-bond donors (Lipinski definition) is 0. The van der Waals surface area contributed by atoms with E-state index < -0.39 is 6.10 Å². The Hall–Kier alpha value is -5.75. The van der Waals surface area contributed by atoms with Crippen LogP contribution in [0.25, 0.3) is 0 Å². The number of unbranched alkanes of at least 4 members (excludes halogenated alkanes) is 14. The summed E-state index contributed by atoms with van der Waals surface area (Å²) in [6.07, 6.45) is 104. The molecule has 0 fully saturated rings. The molecular formula is C77H118O6. The number of carbonyl (C=O) groups excluding carboxylic acids is 3. The molecule has 1 atom stereocenters. The minimum Gasteiger partial charge on any atom is -0.462 e. The largest absolute Gasteiger partial charge is 0.462 e. The van der Waals surface area contributed by atoms with E-state index in [1.54, 1.807) is 0 Å². The van der Waals surface area contributed by atoms with Crippen LogP contribution in [0.15, 0.2) is 194 Å². The lowest BCUT2D eigenvalue weighted by Gasteiger charge is -2.18. The van der Waals surface area contributed by atoms with Gasteiger partial charge < -0.3 is 14.2 Å². The van der Waals surface area contributed by atoms with Gasteiger partial charge in [-0.25, -0.2) is 0 Å². The molecule has 0 saturated carbocycles. The zero-order valence-corrected chi connectivity index (χ0v) is 52.9. The quantitative estimate of drug-likeness (QED) is 0.0261. The predicted molar refractivity (Wildman–Crippen MR) is 361 cm³/mol. The van der Waals surface area contributed by atoms with Crippen LogP contribution < -0.4 is 0 Å². The van der Waals surface area contributed by atoms with Crippen LogP contribution in [0.1, 0.15) is 252 Å². The molecule has 462 valence electrons. The van der Waals surface area contributed by atoms with E-state index >= 15 is 0 Å². The van der Waals surface area contributed by atoms with E-state index in [1.165, 1.54) is 44.9 Å². The molecule has 6 nitrogen and oxygen atoms in total. The molecule has 83 heavy (non-hydrogen) atoms. The maximum Gasteiger partial charge on any atom is 0.306 e. The van der Waals surface area contributed by atoms with Crippen LogP contribution in [-0.2, 0) is 28.6 Å². The third-order valence-electron chi connectivity index (χ3n) is 13.1. The molecule has 0 aromatic rings. The highest BCUT2D eigenvalue weighted by molar-refractivity contribution is 5.71. The van der Waals surface area contributed by atoms with Crippen molar-refractivity contribution in [2.45, 2.75) is 258 Å². The van der Waals surface area contributed by atoms with Gasteiger partial charge in [-0.2, -0.15) is 0 Å². The Labute approximate surface area is 509 Å². The van der Waals surface area contributed by atoms with E-state index in [-0.39, 0.29) is 37.5 Å². The van der Waals surface area contributed by atoms with Crippen LogP contribution in [0, 0.1) is 0 Å². The van der Waals surface area contributed by atoms with E-state index in [2.05, 4.69) is 215 Å². The Balaban J connectivity index is 4.46. The molecule has 0 heterocycles. The van der Waals surface area contributed by atoms with Crippen LogP contribution in [0.3, 0.4) is 0 Å². The molecule has 1 unspecified atom stereocenters. The first-order chi connectivity index (χ1) is 41.0. The maximum absolute atomic E-state index is 12.9. The van der Waals surface area contributed by atoms with Crippen molar-refractivity contribution < 1.29 is 28.6 Å².